The number of likely N-dealkylation sites (tertiary alicyclic amines) is 1. The number of nitrogens with zero attached hydrogens (tertiary/aromatic N) is 3. The van der Waals surface area contributed by atoms with E-state index in [1.165, 1.54) is 25.5 Å². The molecule has 1 amide bonds. The standard InChI is InChI=1S/C13H23N3O4S/c1-5-12-10(9-21(18,19)15(2)3)8-11(6-7-14)16(12)13(17)20-4/h10-12H,5-6,8-9H2,1-4H3/t10-,11-,12+/m1/s1. The van der Waals surface area contributed by atoms with Crippen molar-refractivity contribution >= 4 is 16.1 Å². The quantitative estimate of drug-likeness (QED) is 0.755. The lowest BCUT2D eigenvalue weighted by Gasteiger charge is -2.29. The van der Waals surface area contributed by atoms with Crippen LogP contribution in [0.1, 0.15) is 26.2 Å². The monoisotopic (exact) mass is 317 g/mol. The molecule has 3 atom stereocenters. The van der Waals surface area contributed by atoms with Gasteiger partial charge in [-0.15, -0.1) is 0 Å². The molecule has 1 fully saturated rings. The van der Waals surface area contributed by atoms with Gasteiger partial charge in [0.2, 0.25) is 10.0 Å². The predicted octanol–water partition coefficient (Wildman–Crippen LogP) is 1.03. The molecule has 0 spiro atoms. The summed E-state index contributed by atoms with van der Waals surface area (Å²) in [7, 11) is 0.939. The number of sulfonamides is 1. The Hall–Kier alpha value is -1.33. The van der Waals surface area contributed by atoms with E-state index in [1.54, 1.807) is 4.90 Å². The van der Waals surface area contributed by atoms with Gasteiger partial charge in [0, 0.05) is 26.2 Å². The largest absolute Gasteiger partial charge is 0.453 e. The van der Waals surface area contributed by atoms with Crippen molar-refractivity contribution in [1.29, 1.82) is 5.26 Å². The summed E-state index contributed by atoms with van der Waals surface area (Å²) in [5.74, 6) is -0.201. The van der Waals surface area contributed by atoms with Crippen LogP contribution in [-0.4, -0.2) is 62.8 Å². The Morgan fingerprint density at radius 2 is 2.10 bits per heavy atom. The van der Waals surface area contributed by atoms with Gasteiger partial charge in [-0.25, -0.2) is 17.5 Å². The van der Waals surface area contributed by atoms with Crippen molar-refractivity contribution in [3.8, 4) is 6.07 Å². The lowest BCUT2D eigenvalue weighted by Crippen LogP contribution is -2.43. The maximum Gasteiger partial charge on any atom is 0.410 e. The van der Waals surface area contributed by atoms with E-state index >= 15 is 0 Å². The Kier molecular flexibility index (Phi) is 5.98. The normalized spacial score (nSPS) is 25.9. The van der Waals surface area contributed by atoms with Crippen molar-refractivity contribution < 1.29 is 17.9 Å². The maximum absolute atomic E-state index is 12.1. The van der Waals surface area contributed by atoms with Crippen molar-refractivity contribution in [3.05, 3.63) is 0 Å². The number of nitriles is 1. The van der Waals surface area contributed by atoms with Crippen molar-refractivity contribution in [3.63, 3.8) is 0 Å². The van der Waals surface area contributed by atoms with E-state index in [9.17, 15) is 13.2 Å². The SMILES string of the molecule is CC[C@H]1[C@@H](CS(=O)(=O)N(C)C)C[C@@H](CC#N)N1C(=O)OC. The van der Waals surface area contributed by atoms with Crippen LogP contribution >= 0.6 is 0 Å². The summed E-state index contributed by atoms with van der Waals surface area (Å²) < 4.78 is 30.1. The Balaban J connectivity index is 3.02. The van der Waals surface area contributed by atoms with Crippen LogP contribution in [0.4, 0.5) is 4.79 Å². The minimum atomic E-state index is -3.35. The number of hydrogen-bond donors (Lipinski definition) is 0. The molecule has 0 radical (unpaired) electrons. The lowest BCUT2D eigenvalue weighted by atomic mass is 9.99. The third kappa shape index (κ3) is 3.86. The third-order valence-electron chi connectivity index (χ3n) is 3.98. The number of ether oxygens (including phenoxy) is 1. The molecule has 1 rings (SSSR count). The van der Waals surface area contributed by atoms with Crippen LogP contribution in [-0.2, 0) is 14.8 Å². The lowest BCUT2D eigenvalue weighted by molar-refractivity contribution is 0.0989. The van der Waals surface area contributed by atoms with Gasteiger partial charge in [-0.05, 0) is 18.8 Å². The van der Waals surface area contributed by atoms with Crippen LogP contribution in [0.2, 0.25) is 0 Å². The second kappa shape index (κ2) is 7.09. The molecular weight excluding hydrogens is 294 g/mol. The van der Waals surface area contributed by atoms with Gasteiger partial charge in [0.15, 0.2) is 0 Å². The number of carbonyl (C=O) groups excluding carboxylic acids is 1. The van der Waals surface area contributed by atoms with E-state index in [4.69, 9.17) is 10.00 Å². The molecule has 7 nitrogen and oxygen atoms in total. The first-order valence-electron chi connectivity index (χ1n) is 6.91. The second-order valence-electron chi connectivity index (χ2n) is 5.43. The Morgan fingerprint density at radius 3 is 2.52 bits per heavy atom. The van der Waals surface area contributed by atoms with Gasteiger partial charge in [-0.3, -0.25) is 0 Å². The average molecular weight is 317 g/mol. The molecule has 120 valence electrons. The number of methoxy groups -OCH3 is 1. The van der Waals surface area contributed by atoms with E-state index in [2.05, 4.69) is 6.07 Å². The molecule has 0 N–H and O–H groups in total. The van der Waals surface area contributed by atoms with Crippen LogP contribution in [0.3, 0.4) is 0 Å². The van der Waals surface area contributed by atoms with Crippen LogP contribution in [0.25, 0.3) is 0 Å². The van der Waals surface area contributed by atoms with E-state index in [1.807, 2.05) is 6.92 Å². The minimum Gasteiger partial charge on any atom is -0.453 e. The first-order chi connectivity index (χ1) is 9.78. The molecule has 0 unspecified atom stereocenters. The molecule has 8 heteroatoms. The summed E-state index contributed by atoms with van der Waals surface area (Å²) in [6, 6.07) is 1.56. The summed E-state index contributed by atoms with van der Waals surface area (Å²) in [5.41, 5.74) is 0. The topological polar surface area (TPSA) is 90.7 Å². The van der Waals surface area contributed by atoms with Gasteiger partial charge < -0.3 is 9.64 Å². The summed E-state index contributed by atoms with van der Waals surface area (Å²) in [6.45, 7) is 1.91. The zero-order valence-corrected chi connectivity index (χ0v) is 13.8. The smallest absolute Gasteiger partial charge is 0.410 e. The molecule has 21 heavy (non-hydrogen) atoms. The fourth-order valence-electron chi connectivity index (χ4n) is 2.92. The van der Waals surface area contributed by atoms with E-state index in [-0.39, 0.29) is 30.2 Å². The van der Waals surface area contributed by atoms with Crippen molar-refractivity contribution in [1.82, 2.24) is 9.21 Å². The van der Waals surface area contributed by atoms with E-state index in [0.29, 0.717) is 12.8 Å². The number of hydrogen-bond acceptors (Lipinski definition) is 5. The highest BCUT2D eigenvalue weighted by Crippen LogP contribution is 2.35. The highest BCUT2D eigenvalue weighted by atomic mass is 32.2. The first kappa shape index (κ1) is 17.7. The summed E-state index contributed by atoms with van der Waals surface area (Å²) in [6.07, 6.45) is 0.829. The molecule has 0 aromatic heterocycles. The zero-order chi connectivity index (χ0) is 16.2. The predicted molar refractivity (Wildman–Crippen MR) is 77.9 cm³/mol. The van der Waals surface area contributed by atoms with Gasteiger partial charge in [0.05, 0.1) is 25.4 Å². The van der Waals surface area contributed by atoms with Crippen molar-refractivity contribution in [2.45, 2.75) is 38.3 Å². The van der Waals surface area contributed by atoms with Gasteiger partial charge in [0.25, 0.3) is 0 Å². The zero-order valence-electron chi connectivity index (χ0n) is 12.9. The van der Waals surface area contributed by atoms with Gasteiger partial charge in [-0.2, -0.15) is 5.26 Å². The number of rotatable bonds is 5. The average Bonchev–Trinajstić information content (AvgIpc) is 2.74. The number of amides is 1. The highest BCUT2D eigenvalue weighted by molar-refractivity contribution is 7.89. The van der Waals surface area contributed by atoms with E-state index < -0.39 is 16.1 Å². The summed E-state index contributed by atoms with van der Waals surface area (Å²) in [5, 5.41) is 8.91. The third-order valence-corrected chi connectivity index (χ3v) is 5.94. The van der Waals surface area contributed by atoms with E-state index in [0.717, 1.165) is 0 Å². The molecule has 0 aromatic rings. The Labute approximate surface area is 126 Å². The van der Waals surface area contributed by atoms with Gasteiger partial charge >= 0.3 is 6.09 Å². The maximum atomic E-state index is 12.1. The van der Waals surface area contributed by atoms with Crippen LogP contribution in [0, 0.1) is 17.2 Å². The molecule has 1 heterocycles. The van der Waals surface area contributed by atoms with Crippen molar-refractivity contribution in [2.24, 2.45) is 5.92 Å². The Morgan fingerprint density at radius 1 is 1.48 bits per heavy atom. The summed E-state index contributed by atoms with van der Waals surface area (Å²) >= 11 is 0. The van der Waals surface area contributed by atoms with Crippen molar-refractivity contribution in [2.75, 3.05) is 27.0 Å². The van der Waals surface area contributed by atoms with Crippen LogP contribution < -0.4 is 0 Å². The van der Waals surface area contributed by atoms with Crippen LogP contribution in [0.15, 0.2) is 0 Å². The number of carbonyl (C=O) groups is 1. The molecule has 0 aromatic carbocycles. The highest BCUT2D eigenvalue weighted by Gasteiger charge is 2.45. The first-order valence-corrected chi connectivity index (χ1v) is 8.52. The molecule has 0 saturated carbocycles. The fraction of sp³-hybridized carbons (Fsp3) is 0.846. The fourth-order valence-corrected chi connectivity index (χ4v) is 4.12. The van der Waals surface area contributed by atoms with Gasteiger partial charge in [0.1, 0.15) is 0 Å². The van der Waals surface area contributed by atoms with Gasteiger partial charge in [-0.1, -0.05) is 6.92 Å². The minimum absolute atomic E-state index is 0.0199. The molecule has 1 aliphatic rings. The summed E-state index contributed by atoms with van der Waals surface area (Å²) in [4.78, 5) is 13.5. The molecular formula is C13H23N3O4S. The molecule has 1 saturated heterocycles. The Bertz CT molecular complexity index is 512. The molecule has 0 aliphatic carbocycles. The second-order valence-corrected chi connectivity index (χ2v) is 7.65. The molecule has 1 aliphatic heterocycles. The molecule has 0 bridgehead atoms. The van der Waals surface area contributed by atoms with Crippen LogP contribution in [0.5, 0.6) is 0 Å².